The van der Waals surface area contributed by atoms with Gasteiger partial charge in [-0.1, -0.05) is 6.42 Å². The number of piperazine rings is 1. The molecular formula is C23H42N6O2. The Morgan fingerprint density at radius 3 is 2.48 bits per heavy atom. The van der Waals surface area contributed by atoms with Gasteiger partial charge in [-0.15, -0.1) is 0 Å². The maximum absolute atomic E-state index is 12.1. The van der Waals surface area contributed by atoms with Crippen LogP contribution >= 0.6 is 0 Å². The molecule has 8 nitrogen and oxygen atoms in total. The van der Waals surface area contributed by atoms with Gasteiger partial charge in [-0.05, 0) is 44.1 Å². The van der Waals surface area contributed by atoms with Gasteiger partial charge in [0.25, 0.3) is 0 Å². The number of aliphatic imine (C=N–C) groups is 1. The van der Waals surface area contributed by atoms with E-state index in [-0.39, 0.29) is 12.5 Å². The highest BCUT2D eigenvalue weighted by Crippen LogP contribution is 2.46. The lowest BCUT2D eigenvalue weighted by Gasteiger charge is -2.42. The summed E-state index contributed by atoms with van der Waals surface area (Å²) in [7, 11) is 3.59. The second-order valence-corrected chi connectivity index (χ2v) is 9.93. The number of hydrogen-bond donors (Lipinski definition) is 1. The minimum Gasteiger partial charge on any atom is -0.379 e. The smallest absolute Gasteiger partial charge is 0.243 e. The van der Waals surface area contributed by atoms with Crippen molar-refractivity contribution in [1.82, 2.24) is 24.9 Å². The molecule has 2 heterocycles. The molecule has 31 heavy (non-hydrogen) atoms. The highest BCUT2D eigenvalue weighted by molar-refractivity contribution is 5.84. The van der Waals surface area contributed by atoms with E-state index in [1.54, 1.807) is 19.0 Å². The fourth-order valence-corrected chi connectivity index (χ4v) is 5.80. The summed E-state index contributed by atoms with van der Waals surface area (Å²) in [6.45, 7) is 10.2. The fourth-order valence-electron chi connectivity index (χ4n) is 5.80. The van der Waals surface area contributed by atoms with Crippen LogP contribution in [0, 0.1) is 11.8 Å². The summed E-state index contributed by atoms with van der Waals surface area (Å²) < 4.78 is 5.44. The molecule has 3 atom stereocenters. The number of morpholine rings is 1. The van der Waals surface area contributed by atoms with Crippen LogP contribution in [0.25, 0.3) is 0 Å². The SMILES string of the molecule is CN(C)C(=O)CN=C(NCCCN1CCOCC1)N1CCN(C2CC3CCC2C3)CC1. The number of likely N-dealkylation sites (N-methyl/N-ethyl adjacent to an activating group) is 1. The third-order valence-corrected chi connectivity index (χ3v) is 7.68. The third kappa shape index (κ3) is 6.11. The van der Waals surface area contributed by atoms with E-state index in [1.165, 1.54) is 25.7 Å². The van der Waals surface area contributed by atoms with Crippen molar-refractivity contribution in [3.63, 3.8) is 0 Å². The van der Waals surface area contributed by atoms with Crippen molar-refractivity contribution in [2.24, 2.45) is 16.8 Å². The first-order valence-corrected chi connectivity index (χ1v) is 12.4. The number of rotatable bonds is 7. The highest BCUT2D eigenvalue weighted by atomic mass is 16.5. The molecule has 0 radical (unpaired) electrons. The minimum absolute atomic E-state index is 0.0493. The molecule has 0 aromatic carbocycles. The lowest BCUT2D eigenvalue weighted by Crippen LogP contribution is -2.55. The summed E-state index contributed by atoms with van der Waals surface area (Å²) in [6, 6.07) is 0.818. The largest absolute Gasteiger partial charge is 0.379 e. The average molecular weight is 435 g/mol. The van der Waals surface area contributed by atoms with E-state index in [4.69, 9.17) is 9.73 Å². The molecule has 4 aliphatic rings. The molecule has 4 rings (SSSR count). The molecule has 4 fully saturated rings. The Kier molecular flexibility index (Phi) is 8.07. The molecule has 176 valence electrons. The van der Waals surface area contributed by atoms with Gasteiger partial charge >= 0.3 is 0 Å². The van der Waals surface area contributed by atoms with E-state index >= 15 is 0 Å². The Morgan fingerprint density at radius 2 is 1.84 bits per heavy atom. The minimum atomic E-state index is 0.0493. The lowest BCUT2D eigenvalue weighted by molar-refractivity contribution is -0.127. The van der Waals surface area contributed by atoms with Crippen molar-refractivity contribution in [2.75, 3.05) is 86.2 Å². The molecule has 2 saturated heterocycles. The van der Waals surface area contributed by atoms with Crippen LogP contribution in [0.2, 0.25) is 0 Å². The fraction of sp³-hybridized carbons (Fsp3) is 0.913. The van der Waals surface area contributed by atoms with Gasteiger partial charge in [-0.2, -0.15) is 0 Å². The van der Waals surface area contributed by atoms with E-state index < -0.39 is 0 Å². The van der Waals surface area contributed by atoms with Crippen LogP contribution in [0.5, 0.6) is 0 Å². The second kappa shape index (κ2) is 11.0. The van der Waals surface area contributed by atoms with Crippen molar-refractivity contribution in [2.45, 2.75) is 38.1 Å². The Bertz CT molecular complexity index is 613. The molecule has 2 aliphatic carbocycles. The first-order valence-electron chi connectivity index (χ1n) is 12.4. The van der Waals surface area contributed by atoms with Gasteiger partial charge in [-0.3, -0.25) is 14.6 Å². The van der Waals surface area contributed by atoms with Crippen LogP contribution in [-0.4, -0.2) is 124 Å². The number of fused-ring (bicyclic) bond motifs is 2. The summed E-state index contributed by atoms with van der Waals surface area (Å²) in [4.78, 5) is 26.0. The summed E-state index contributed by atoms with van der Waals surface area (Å²) in [5.41, 5.74) is 0. The van der Waals surface area contributed by atoms with Gasteiger partial charge in [0.1, 0.15) is 6.54 Å². The molecule has 3 unspecified atom stereocenters. The lowest BCUT2D eigenvalue weighted by atomic mass is 9.93. The topological polar surface area (TPSA) is 63.7 Å². The summed E-state index contributed by atoms with van der Waals surface area (Å²) >= 11 is 0. The second-order valence-electron chi connectivity index (χ2n) is 9.93. The number of ether oxygens (including phenoxy) is 1. The maximum Gasteiger partial charge on any atom is 0.243 e. The van der Waals surface area contributed by atoms with Gasteiger partial charge < -0.3 is 19.9 Å². The molecule has 8 heteroatoms. The number of guanidine groups is 1. The maximum atomic E-state index is 12.1. The predicted octanol–water partition coefficient (Wildman–Crippen LogP) is 0.549. The Balaban J connectivity index is 1.26. The average Bonchev–Trinajstić information content (AvgIpc) is 3.43. The monoisotopic (exact) mass is 434 g/mol. The van der Waals surface area contributed by atoms with Crippen LogP contribution in [0.1, 0.15) is 32.1 Å². The third-order valence-electron chi connectivity index (χ3n) is 7.68. The number of hydrogen-bond acceptors (Lipinski definition) is 5. The van der Waals surface area contributed by atoms with Crippen LogP contribution in [0.3, 0.4) is 0 Å². The van der Waals surface area contributed by atoms with E-state index in [0.717, 1.165) is 95.8 Å². The van der Waals surface area contributed by atoms with Gasteiger partial charge in [0.05, 0.1) is 13.2 Å². The first kappa shape index (κ1) is 22.8. The standard InChI is InChI=1S/C23H42N6O2/c1-26(2)22(30)18-25-23(24-6-3-7-27-12-14-31-15-13-27)29-10-8-28(9-11-29)21-17-19-4-5-20(21)16-19/h19-21H,3-18H2,1-2H3,(H,24,25). The van der Waals surface area contributed by atoms with Gasteiger partial charge in [0.15, 0.2) is 5.96 Å². The summed E-state index contributed by atoms with van der Waals surface area (Å²) in [6.07, 6.45) is 6.87. The quantitative estimate of drug-likeness (QED) is 0.359. The number of carbonyl (C=O) groups excluding carboxylic acids is 1. The van der Waals surface area contributed by atoms with Gasteiger partial charge in [0, 0.05) is 66.0 Å². The zero-order valence-electron chi connectivity index (χ0n) is 19.6. The van der Waals surface area contributed by atoms with Crippen LogP contribution in [0.15, 0.2) is 4.99 Å². The highest BCUT2D eigenvalue weighted by Gasteiger charge is 2.42. The first-order chi connectivity index (χ1) is 15.1. The van der Waals surface area contributed by atoms with E-state index in [2.05, 4.69) is 20.0 Å². The summed E-state index contributed by atoms with van der Waals surface area (Å²) in [5.74, 6) is 2.90. The predicted molar refractivity (Wildman–Crippen MR) is 123 cm³/mol. The van der Waals surface area contributed by atoms with Crippen molar-refractivity contribution in [1.29, 1.82) is 0 Å². The van der Waals surface area contributed by atoms with Gasteiger partial charge in [0.2, 0.25) is 5.91 Å². The zero-order chi connectivity index (χ0) is 21.6. The Labute approximate surface area is 188 Å². The molecule has 1 amide bonds. The molecule has 2 bridgehead atoms. The van der Waals surface area contributed by atoms with Crippen molar-refractivity contribution >= 4 is 11.9 Å². The van der Waals surface area contributed by atoms with E-state index in [9.17, 15) is 4.79 Å². The molecule has 2 aliphatic heterocycles. The van der Waals surface area contributed by atoms with Crippen molar-refractivity contribution < 1.29 is 9.53 Å². The molecule has 1 N–H and O–H groups in total. The van der Waals surface area contributed by atoms with Crippen LogP contribution < -0.4 is 5.32 Å². The molecule has 2 saturated carbocycles. The van der Waals surface area contributed by atoms with E-state index in [0.29, 0.717) is 0 Å². The molecule has 0 aromatic heterocycles. The summed E-state index contributed by atoms with van der Waals surface area (Å²) in [5, 5.41) is 3.56. The number of nitrogens with zero attached hydrogens (tertiary/aromatic N) is 5. The molecule has 0 aromatic rings. The molecule has 0 spiro atoms. The number of amides is 1. The number of carbonyl (C=O) groups is 1. The zero-order valence-corrected chi connectivity index (χ0v) is 19.6. The number of nitrogens with one attached hydrogen (secondary N) is 1. The molecular weight excluding hydrogens is 392 g/mol. The van der Waals surface area contributed by atoms with Crippen LogP contribution in [0.4, 0.5) is 0 Å². The Morgan fingerprint density at radius 1 is 1.06 bits per heavy atom. The van der Waals surface area contributed by atoms with E-state index in [1.807, 2.05) is 0 Å². The normalized spacial score (nSPS) is 30.1. The van der Waals surface area contributed by atoms with Gasteiger partial charge in [-0.25, -0.2) is 4.99 Å². The van der Waals surface area contributed by atoms with Crippen molar-refractivity contribution in [3.05, 3.63) is 0 Å². The van der Waals surface area contributed by atoms with Crippen molar-refractivity contribution in [3.8, 4) is 0 Å². The Hall–Kier alpha value is -1.38. The van der Waals surface area contributed by atoms with Crippen LogP contribution in [-0.2, 0) is 9.53 Å².